The molecule has 190 valence electrons. The fourth-order valence-electron chi connectivity index (χ4n) is 5.46. The summed E-state index contributed by atoms with van der Waals surface area (Å²) in [6.07, 6.45) is 4.17. The van der Waals surface area contributed by atoms with E-state index in [1.807, 2.05) is 65.7 Å². The number of Topliss-reactive ketones (excluding diaryl/α,β-unsaturated/α-hetero) is 1. The van der Waals surface area contributed by atoms with Gasteiger partial charge in [-0.05, 0) is 61.3 Å². The molecule has 2 aromatic heterocycles. The van der Waals surface area contributed by atoms with Crippen molar-refractivity contribution in [1.29, 1.82) is 0 Å². The Bertz CT molecular complexity index is 1260. The van der Waals surface area contributed by atoms with Crippen LogP contribution in [0.1, 0.15) is 82.4 Å². The molecule has 1 aliphatic carbocycles. The standard InChI is InChI=1S/C30H38N4O2/c1-19(27(35)22-11-12-22)20(2)28-31-26-8-6-7-25(34(26)32-28)21-9-13-23(14-10-21)29(36)33-17-15-24(16-18-33)30(3,4)5/h6-10,13-14,19-20,22,24H,11-12,15-18H2,1-5H3. The largest absolute Gasteiger partial charge is 0.339 e. The van der Waals surface area contributed by atoms with Crippen LogP contribution in [0.4, 0.5) is 0 Å². The second-order valence-electron chi connectivity index (χ2n) is 11.9. The van der Waals surface area contributed by atoms with Crippen molar-refractivity contribution in [3.05, 3.63) is 53.9 Å². The number of fused-ring (bicyclic) bond motifs is 1. The molecular formula is C30H38N4O2. The number of pyridine rings is 1. The predicted molar refractivity (Wildman–Crippen MR) is 142 cm³/mol. The summed E-state index contributed by atoms with van der Waals surface area (Å²) in [5.41, 5.74) is 3.68. The maximum Gasteiger partial charge on any atom is 0.253 e. The van der Waals surface area contributed by atoms with Gasteiger partial charge in [-0.15, -0.1) is 0 Å². The summed E-state index contributed by atoms with van der Waals surface area (Å²) >= 11 is 0. The summed E-state index contributed by atoms with van der Waals surface area (Å²) in [6, 6.07) is 13.8. The van der Waals surface area contributed by atoms with Crippen LogP contribution < -0.4 is 0 Å². The number of rotatable bonds is 6. The molecule has 1 amide bonds. The minimum absolute atomic E-state index is 0.0340. The van der Waals surface area contributed by atoms with Gasteiger partial charge in [0.1, 0.15) is 5.78 Å². The SMILES string of the molecule is CC(C(=O)C1CC1)C(C)c1nc2cccc(-c3ccc(C(=O)N4CCC(C(C)(C)C)CC4)cc3)n2n1. The number of carbonyl (C=O) groups excluding carboxylic acids is 2. The summed E-state index contributed by atoms with van der Waals surface area (Å²) < 4.78 is 1.86. The molecule has 2 fully saturated rings. The van der Waals surface area contributed by atoms with Gasteiger partial charge < -0.3 is 4.90 Å². The third-order valence-electron chi connectivity index (χ3n) is 8.40. The van der Waals surface area contributed by atoms with Crippen LogP contribution in [0.2, 0.25) is 0 Å². The number of ketones is 1. The molecule has 1 saturated carbocycles. The van der Waals surface area contributed by atoms with Crippen LogP contribution in [0, 0.1) is 23.2 Å². The fourth-order valence-corrected chi connectivity index (χ4v) is 5.46. The number of likely N-dealkylation sites (tertiary alicyclic amines) is 1. The van der Waals surface area contributed by atoms with E-state index in [1.165, 1.54) is 0 Å². The zero-order valence-electron chi connectivity index (χ0n) is 22.2. The third kappa shape index (κ3) is 4.82. The fraction of sp³-hybridized carbons (Fsp3) is 0.533. The Hall–Kier alpha value is -3.02. The van der Waals surface area contributed by atoms with Crippen LogP contribution in [0.15, 0.2) is 42.5 Å². The monoisotopic (exact) mass is 486 g/mol. The smallest absolute Gasteiger partial charge is 0.253 e. The van der Waals surface area contributed by atoms with Crippen LogP contribution in [-0.4, -0.2) is 44.3 Å². The summed E-state index contributed by atoms with van der Waals surface area (Å²) in [4.78, 5) is 32.5. The van der Waals surface area contributed by atoms with E-state index in [2.05, 4.69) is 20.8 Å². The molecule has 0 spiro atoms. The van der Waals surface area contributed by atoms with Crippen LogP contribution in [0.5, 0.6) is 0 Å². The summed E-state index contributed by atoms with van der Waals surface area (Å²) in [5.74, 6) is 1.93. The summed E-state index contributed by atoms with van der Waals surface area (Å²) in [7, 11) is 0. The number of amides is 1. The molecule has 3 aromatic rings. The van der Waals surface area contributed by atoms with Crippen molar-refractivity contribution in [2.24, 2.45) is 23.2 Å². The summed E-state index contributed by atoms with van der Waals surface area (Å²) in [6.45, 7) is 12.6. The minimum Gasteiger partial charge on any atom is -0.339 e. The second kappa shape index (κ2) is 9.45. The molecule has 3 heterocycles. The van der Waals surface area contributed by atoms with E-state index < -0.39 is 0 Å². The molecule has 6 nitrogen and oxygen atoms in total. The van der Waals surface area contributed by atoms with E-state index in [4.69, 9.17) is 10.1 Å². The topological polar surface area (TPSA) is 67.6 Å². The second-order valence-corrected chi connectivity index (χ2v) is 11.9. The van der Waals surface area contributed by atoms with E-state index in [9.17, 15) is 9.59 Å². The molecule has 0 N–H and O–H groups in total. The van der Waals surface area contributed by atoms with Gasteiger partial charge in [-0.2, -0.15) is 5.10 Å². The number of benzene rings is 1. The Morgan fingerprint density at radius 3 is 2.22 bits per heavy atom. The molecule has 5 rings (SSSR count). The molecule has 2 unspecified atom stereocenters. The average molecular weight is 487 g/mol. The van der Waals surface area contributed by atoms with Gasteiger partial charge in [-0.25, -0.2) is 9.50 Å². The lowest BCUT2D eigenvalue weighted by Crippen LogP contribution is -2.41. The number of piperidine rings is 1. The van der Waals surface area contributed by atoms with Gasteiger partial charge in [0.2, 0.25) is 0 Å². The first kappa shape index (κ1) is 24.7. The molecule has 0 bridgehead atoms. The highest BCUT2D eigenvalue weighted by atomic mass is 16.2. The van der Waals surface area contributed by atoms with Gasteiger partial charge >= 0.3 is 0 Å². The predicted octanol–water partition coefficient (Wildman–Crippen LogP) is 6.01. The van der Waals surface area contributed by atoms with Crippen LogP contribution >= 0.6 is 0 Å². The first-order valence-corrected chi connectivity index (χ1v) is 13.4. The van der Waals surface area contributed by atoms with Gasteiger partial charge in [0.15, 0.2) is 11.5 Å². The van der Waals surface area contributed by atoms with Crippen molar-refractivity contribution in [2.45, 2.75) is 66.2 Å². The Morgan fingerprint density at radius 1 is 0.944 bits per heavy atom. The third-order valence-corrected chi connectivity index (χ3v) is 8.40. The van der Waals surface area contributed by atoms with E-state index in [0.29, 0.717) is 22.9 Å². The van der Waals surface area contributed by atoms with Gasteiger partial charge in [0.05, 0.1) is 5.69 Å². The lowest BCUT2D eigenvalue weighted by Gasteiger charge is -2.38. The van der Waals surface area contributed by atoms with Gasteiger partial charge in [0.25, 0.3) is 5.91 Å². The van der Waals surface area contributed by atoms with E-state index >= 15 is 0 Å². The van der Waals surface area contributed by atoms with E-state index in [1.54, 1.807) is 0 Å². The van der Waals surface area contributed by atoms with Crippen molar-refractivity contribution < 1.29 is 9.59 Å². The average Bonchev–Trinajstić information content (AvgIpc) is 3.64. The molecular weight excluding hydrogens is 448 g/mol. The maximum absolute atomic E-state index is 13.1. The van der Waals surface area contributed by atoms with Crippen molar-refractivity contribution in [2.75, 3.05) is 13.1 Å². The van der Waals surface area contributed by atoms with Crippen LogP contribution in [-0.2, 0) is 4.79 Å². The highest BCUT2D eigenvalue weighted by Gasteiger charge is 2.36. The number of carbonyl (C=O) groups is 2. The highest BCUT2D eigenvalue weighted by Crippen LogP contribution is 2.37. The zero-order chi connectivity index (χ0) is 25.6. The normalized spacial score (nSPS) is 18.9. The molecule has 1 aliphatic heterocycles. The molecule has 1 saturated heterocycles. The van der Waals surface area contributed by atoms with Crippen molar-refractivity contribution >= 4 is 17.3 Å². The number of hydrogen-bond acceptors (Lipinski definition) is 4. The molecule has 0 radical (unpaired) electrons. The number of aromatic nitrogens is 3. The van der Waals surface area contributed by atoms with Crippen LogP contribution in [0.3, 0.4) is 0 Å². The number of hydrogen-bond donors (Lipinski definition) is 0. The van der Waals surface area contributed by atoms with E-state index in [-0.39, 0.29) is 23.7 Å². The van der Waals surface area contributed by atoms with Crippen molar-refractivity contribution in [3.63, 3.8) is 0 Å². The van der Waals surface area contributed by atoms with Crippen molar-refractivity contribution in [3.8, 4) is 11.3 Å². The first-order valence-electron chi connectivity index (χ1n) is 13.4. The Kier molecular flexibility index (Phi) is 6.48. The summed E-state index contributed by atoms with van der Waals surface area (Å²) in [5, 5.41) is 4.81. The van der Waals surface area contributed by atoms with Crippen LogP contribution in [0.25, 0.3) is 16.9 Å². The zero-order valence-corrected chi connectivity index (χ0v) is 22.2. The molecule has 1 aromatic carbocycles. The molecule has 6 heteroatoms. The maximum atomic E-state index is 13.1. The first-order chi connectivity index (χ1) is 17.1. The molecule has 2 atom stereocenters. The molecule has 36 heavy (non-hydrogen) atoms. The Morgan fingerprint density at radius 2 is 1.61 bits per heavy atom. The quantitative estimate of drug-likeness (QED) is 0.428. The lowest BCUT2D eigenvalue weighted by atomic mass is 9.75. The van der Waals surface area contributed by atoms with Gasteiger partial charge in [-0.1, -0.05) is 52.8 Å². The Labute approximate surface area is 214 Å². The highest BCUT2D eigenvalue weighted by molar-refractivity contribution is 5.94. The molecule has 2 aliphatic rings. The Balaban J connectivity index is 1.33. The number of nitrogens with zero attached hydrogens (tertiary/aromatic N) is 4. The van der Waals surface area contributed by atoms with Gasteiger partial charge in [-0.3, -0.25) is 9.59 Å². The van der Waals surface area contributed by atoms with Crippen molar-refractivity contribution in [1.82, 2.24) is 19.5 Å². The van der Waals surface area contributed by atoms with Gasteiger partial charge in [0, 0.05) is 42.0 Å². The lowest BCUT2D eigenvalue weighted by molar-refractivity contribution is -0.124. The van der Waals surface area contributed by atoms with E-state index in [0.717, 1.165) is 61.2 Å². The minimum atomic E-state index is -0.0860.